The van der Waals surface area contributed by atoms with Crippen molar-refractivity contribution >= 4 is 10.0 Å². The molecule has 1 heterocycles. The topological polar surface area (TPSA) is 66.8 Å². The number of sulfonamides is 1. The summed E-state index contributed by atoms with van der Waals surface area (Å²) < 4.78 is 43.8. The number of hydrogen-bond donors (Lipinski definition) is 1. The van der Waals surface area contributed by atoms with Crippen LogP contribution in [-0.2, 0) is 10.0 Å². The van der Waals surface area contributed by atoms with E-state index in [4.69, 9.17) is 4.74 Å². The largest absolute Gasteiger partial charge is 0.490 e. The van der Waals surface area contributed by atoms with Gasteiger partial charge in [0, 0.05) is 19.2 Å². The molecule has 1 aromatic carbocycles. The maximum absolute atomic E-state index is 13.0. The van der Waals surface area contributed by atoms with Crippen LogP contribution in [0.2, 0.25) is 0 Å². The number of β-amino-alcohol motifs (C(OH)–C–C–N with tert-alkyl or cyclic N) is 1. The molecule has 2 rings (SSSR count). The summed E-state index contributed by atoms with van der Waals surface area (Å²) in [7, 11) is -3.38. The van der Waals surface area contributed by atoms with Crippen molar-refractivity contribution in [3.63, 3.8) is 0 Å². The number of halogens is 1. The van der Waals surface area contributed by atoms with Crippen LogP contribution in [0, 0.1) is 5.82 Å². The molecule has 1 aliphatic heterocycles. The van der Waals surface area contributed by atoms with Gasteiger partial charge in [-0.1, -0.05) is 6.07 Å². The minimum atomic E-state index is -3.38. The first-order valence-electron chi connectivity index (χ1n) is 6.83. The maximum atomic E-state index is 13.0. The SMILES string of the molecule is CC(C)S(=O)(=O)N1CCC(O)(COc2cccc(F)c2)C1. The molecule has 1 unspecified atom stereocenters. The van der Waals surface area contributed by atoms with Gasteiger partial charge in [0.05, 0.1) is 5.25 Å². The Hall–Kier alpha value is -1.18. The van der Waals surface area contributed by atoms with Gasteiger partial charge >= 0.3 is 0 Å². The van der Waals surface area contributed by atoms with E-state index in [-0.39, 0.29) is 19.7 Å². The van der Waals surface area contributed by atoms with Gasteiger partial charge in [-0.15, -0.1) is 0 Å². The lowest BCUT2D eigenvalue weighted by Gasteiger charge is -2.24. The third-order valence-corrected chi connectivity index (χ3v) is 5.78. The summed E-state index contributed by atoms with van der Waals surface area (Å²) in [6.07, 6.45) is 0.300. The third kappa shape index (κ3) is 3.72. The molecule has 1 saturated heterocycles. The second kappa shape index (κ2) is 5.90. The van der Waals surface area contributed by atoms with Crippen LogP contribution in [0.4, 0.5) is 4.39 Å². The monoisotopic (exact) mass is 317 g/mol. The number of nitrogens with zero attached hydrogens (tertiary/aromatic N) is 1. The fraction of sp³-hybridized carbons (Fsp3) is 0.571. The first-order chi connectivity index (χ1) is 9.73. The van der Waals surface area contributed by atoms with Gasteiger partial charge < -0.3 is 9.84 Å². The number of aliphatic hydroxyl groups is 1. The van der Waals surface area contributed by atoms with Gasteiger partial charge in [-0.2, -0.15) is 4.31 Å². The lowest BCUT2D eigenvalue weighted by molar-refractivity contribution is 0.00863. The first kappa shape index (κ1) is 16.2. The van der Waals surface area contributed by atoms with Gasteiger partial charge in [0.25, 0.3) is 0 Å². The van der Waals surface area contributed by atoms with Crippen LogP contribution in [0.1, 0.15) is 20.3 Å². The summed E-state index contributed by atoms with van der Waals surface area (Å²) >= 11 is 0. The summed E-state index contributed by atoms with van der Waals surface area (Å²) in [4.78, 5) is 0. The van der Waals surface area contributed by atoms with E-state index < -0.39 is 26.7 Å². The Morgan fingerprint density at radius 1 is 1.48 bits per heavy atom. The van der Waals surface area contributed by atoms with Crippen molar-refractivity contribution in [2.75, 3.05) is 19.7 Å². The molecule has 0 spiro atoms. The van der Waals surface area contributed by atoms with Gasteiger partial charge in [0.2, 0.25) is 10.0 Å². The zero-order chi connectivity index (χ0) is 15.7. The van der Waals surface area contributed by atoms with E-state index in [0.29, 0.717) is 12.2 Å². The predicted octanol–water partition coefficient (Wildman–Crippen LogP) is 1.38. The predicted molar refractivity (Wildman–Crippen MR) is 77.1 cm³/mol. The summed E-state index contributed by atoms with van der Waals surface area (Å²) in [6.45, 7) is 3.42. The van der Waals surface area contributed by atoms with Crippen LogP contribution in [0.5, 0.6) is 5.75 Å². The van der Waals surface area contributed by atoms with Crippen LogP contribution in [0.15, 0.2) is 24.3 Å². The van der Waals surface area contributed by atoms with Crippen LogP contribution in [-0.4, -0.2) is 48.4 Å². The summed E-state index contributed by atoms with van der Waals surface area (Å²) in [5.74, 6) is -0.108. The standard InChI is InChI=1S/C14H20FNO4S/c1-11(2)21(18,19)16-7-6-14(17,9-16)10-20-13-5-3-4-12(15)8-13/h3-5,8,11,17H,6-7,9-10H2,1-2H3. The summed E-state index contributed by atoms with van der Waals surface area (Å²) in [5, 5.41) is 9.89. The Balaban J connectivity index is 1.99. The van der Waals surface area contributed by atoms with E-state index in [9.17, 15) is 17.9 Å². The van der Waals surface area contributed by atoms with Gasteiger partial charge in [-0.25, -0.2) is 12.8 Å². The molecular formula is C14H20FNO4S. The quantitative estimate of drug-likeness (QED) is 0.891. The first-order valence-corrected chi connectivity index (χ1v) is 8.33. The molecule has 0 bridgehead atoms. The molecule has 0 aliphatic carbocycles. The molecule has 1 atom stereocenters. The maximum Gasteiger partial charge on any atom is 0.216 e. The Labute approximate surface area is 124 Å². The van der Waals surface area contributed by atoms with Crippen molar-refractivity contribution < 1.29 is 22.7 Å². The highest BCUT2D eigenvalue weighted by molar-refractivity contribution is 7.89. The van der Waals surface area contributed by atoms with E-state index in [1.54, 1.807) is 19.9 Å². The summed E-state index contributed by atoms with van der Waals surface area (Å²) in [5.41, 5.74) is -1.24. The normalized spacial score (nSPS) is 23.7. The van der Waals surface area contributed by atoms with E-state index in [0.717, 1.165) is 0 Å². The molecular weight excluding hydrogens is 297 g/mol. The number of hydrogen-bond acceptors (Lipinski definition) is 4. The highest BCUT2D eigenvalue weighted by atomic mass is 32.2. The van der Waals surface area contributed by atoms with E-state index in [1.165, 1.54) is 22.5 Å². The van der Waals surface area contributed by atoms with E-state index in [2.05, 4.69) is 0 Å². The van der Waals surface area contributed by atoms with Gasteiger partial charge in [0.15, 0.2) is 0 Å². The van der Waals surface area contributed by atoms with Gasteiger partial charge in [-0.3, -0.25) is 0 Å². The molecule has 21 heavy (non-hydrogen) atoms. The Bertz CT molecular complexity index is 605. The van der Waals surface area contributed by atoms with Crippen LogP contribution >= 0.6 is 0 Å². The molecule has 1 N–H and O–H groups in total. The van der Waals surface area contributed by atoms with Crippen LogP contribution < -0.4 is 4.74 Å². The minimum absolute atomic E-state index is 0.00281. The Kier molecular flexibility index (Phi) is 4.55. The van der Waals surface area contributed by atoms with E-state index in [1.807, 2.05) is 0 Å². The number of ether oxygens (including phenoxy) is 1. The summed E-state index contributed by atoms with van der Waals surface area (Å²) in [6, 6.07) is 5.62. The van der Waals surface area contributed by atoms with Crippen LogP contribution in [0.25, 0.3) is 0 Å². The Morgan fingerprint density at radius 3 is 2.81 bits per heavy atom. The third-order valence-electron chi connectivity index (χ3n) is 3.56. The highest BCUT2D eigenvalue weighted by Gasteiger charge is 2.42. The molecule has 0 amide bonds. The smallest absolute Gasteiger partial charge is 0.216 e. The zero-order valence-electron chi connectivity index (χ0n) is 12.1. The molecule has 0 aromatic heterocycles. The van der Waals surface area contributed by atoms with Gasteiger partial charge in [0.1, 0.15) is 23.8 Å². The molecule has 7 heteroatoms. The van der Waals surface area contributed by atoms with Crippen molar-refractivity contribution in [2.24, 2.45) is 0 Å². The molecule has 1 aromatic rings. The number of rotatable bonds is 5. The van der Waals surface area contributed by atoms with Crippen molar-refractivity contribution in [3.05, 3.63) is 30.1 Å². The Morgan fingerprint density at radius 2 is 2.19 bits per heavy atom. The molecule has 0 radical (unpaired) electrons. The molecule has 118 valence electrons. The van der Waals surface area contributed by atoms with Crippen molar-refractivity contribution in [1.29, 1.82) is 0 Å². The molecule has 1 aliphatic rings. The molecule has 1 fully saturated rings. The fourth-order valence-electron chi connectivity index (χ4n) is 2.23. The zero-order valence-corrected chi connectivity index (χ0v) is 12.9. The number of benzene rings is 1. The van der Waals surface area contributed by atoms with Gasteiger partial charge in [-0.05, 0) is 32.4 Å². The van der Waals surface area contributed by atoms with Crippen molar-refractivity contribution in [3.8, 4) is 5.75 Å². The average molecular weight is 317 g/mol. The second-order valence-corrected chi connectivity index (χ2v) is 8.14. The molecule has 0 saturated carbocycles. The van der Waals surface area contributed by atoms with Crippen molar-refractivity contribution in [1.82, 2.24) is 4.31 Å². The second-order valence-electron chi connectivity index (χ2n) is 5.65. The minimum Gasteiger partial charge on any atom is -0.490 e. The highest BCUT2D eigenvalue weighted by Crippen LogP contribution is 2.26. The lowest BCUT2D eigenvalue weighted by Crippen LogP contribution is -2.42. The lowest BCUT2D eigenvalue weighted by atomic mass is 10.1. The molecule has 5 nitrogen and oxygen atoms in total. The van der Waals surface area contributed by atoms with Crippen LogP contribution in [0.3, 0.4) is 0 Å². The average Bonchev–Trinajstić information content (AvgIpc) is 2.80. The van der Waals surface area contributed by atoms with E-state index >= 15 is 0 Å². The van der Waals surface area contributed by atoms with Crippen molar-refractivity contribution in [2.45, 2.75) is 31.1 Å². The fourth-order valence-corrected chi connectivity index (χ4v) is 3.59.